The van der Waals surface area contributed by atoms with Crippen LogP contribution in [0.5, 0.6) is 0 Å². The molecule has 96 valence electrons. The molecule has 2 aromatic rings. The number of rotatable bonds is 3. The number of aromatic nitrogens is 2. The van der Waals surface area contributed by atoms with E-state index in [1.807, 2.05) is 42.6 Å². The van der Waals surface area contributed by atoms with E-state index >= 15 is 0 Å². The van der Waals surface area contributed by atoms with Crippen molar-refractivity contribution in [2.45, 2.75) is 25.8 Å². The Bertz CT molecular complexity index is 581. The first-order valence-corrected chi connectivity index (χ1v) is 5.75. The molecule has 0 saturated carbocycles. The molecule has 2 heterocycles. The molecule has 0 spiro atoms. The Morgan fingerprint density at radius 1 is 1.50 bits per heavy atom. The fourth-order valence-corrected chi connectivity index (χ4v) is 1.88. The Labute approximate surface area is 106 Å². The molecule has 18 heavy (non-hydrogen) atoms. The maximum absolute atomic E-state index is 11.7. The molecular formula is C13H17N3O2. The van der Waals surface area contributed by atoms with Crippen LogP contribution in [0.15, 0.2) is 24.4 Å². The molecule has 0 unspecified atom stereocenters. The van der Waals surface area contributed by atoms with E-state index in [1.165, 1.54) is 7.11 Å². The maximum Gasteiger partial charge on any atom is 0.358 e. The van der Waals surface area contributed by atoms with Gasteiger partial charge in [-0.2, -0.15) is 0 Å². The number of nitrogens with zero attached hydrogens (tertiary/aromatic N) is 2. The van der Waals surface area contributed by atoms with E-state index < -0.39 is 5.97 Å². The zero-order chi connectivity index (χ0) is 13.3. The first-order valence-electron chi connectivity index (χ1n) is 5.75. The van der Waals surface area contributed by atoms with Gasteiger partial charge in [-0.1, -0.05) is 6.07 Å². The van der Waals surface area contributed by atoms with Gasteiger partial charge >= 0.3 is 5.97 Å². The molecule has 0 aliphatic carbocycles. The van der Waals surface area contributed by atoms with Gasteiger partial charge in [0.2, 0.25) is 0 Å². The number of hydrogen-bond acceptors (Lipinski definition) is 4. The Morgan fingerprint density at radius 3 is 2.83 bits per heavy atom. The second-order valence-corrected chi connectivity index (χ2v) is 4.99. The summed E-state index contributed by atoms with van der Waals surface area (Å²) in [5, 5.41) is 0. The summed E-state index contributed by atoms with van der Waals surface area (Å²) in [7, 11) is 1.35. The summed E-state index contributed by atoms with van der Waals surface area (Å²) in [6.45, 7) is 3.85. The number of fused-ring (bicyclic) bond motifs is 1. The number of imidazole rings is 1. The van der Waals surface area contributed by atoms with Crippen molar-refractivity contribution in [2.24, 2.45) is 5.73 Å². The summed E-state index contributed by atoms with van der Waals surface area (Å²) in [6.07, 6.45) is 2.45. The fourth-order valence-electron chi connectivity index (χ4n) is 1.88. The van der Waals surface area contributed by atoms with Crippen molar-refractivity contribution in [3.63, 3.8) is 0 Å². The highest BCUT2D eigenvalue weighted by Gasteiger charge is 2.21. The van der Waals surface area contributed by atoms with Crippen LogP contribution in [0, 0.1) is 0 Å². The maximum atomic E-state index is 11.7. The smallest absolute Gasteiger partial charge is 0.358 e. The number of hydrogen-bond donors (Lipinski definition) is 1. The predicted octanol–water partition coefficient (Wildman–Crippen LogP) is 1.40. The number of esters is 1. The average molecular weight is 247 g/mol. The minimum atomic E-state index is -0.431. The zero-order valence-corrected chi connectivity index (χ0v) is 10.8. The molecule has 2 N–H and O–H groups in total. The van der Waals surface area contributed by atoms with E-state index in [0.29, 0.717) is 12.1 Å². The van der Waals surface area contributed by atoms with Gasteiger partial charge in [0.25, 0.3) is 0 Å². The SMILES string of the molecule is COC(=O)c1nc(CC(C)(C)N)n2ccccc12. The quantitative estimate of drug-likeness (QED) is 0.832. The average Bonchev–Trinajstić information content (AvgIpc) is 2.65. The van der Waals surface area contributed by atoms with Crippen molar-refractivity contribution in [1.82, 2.24) is 9.38 Å². The topological polar surface area (TPSA) is 69.6 Å². The fraction of sp³-hybridized carbons (Fsp3) is 0.385. The molecule has 0 aromatic carbocycles. The summed E-state index contributed by atoms with van der Waals surface area (Å²) in [4.78, 5) is 16.0. The van der Waals surface area contributed by atoms with Gasteiger partial charge in [0.05, 0.1) is 12.6 Å². The number of methoxy groups -OCH3 is 1. The Morgan fingerprint density at radius 2 is 2.22 bits per heavy atom. The predicted molar refractivity (Wildman–Crippen MR) is 68.5 cm³/mol. The minimum Gasteiger partial charge on any atom is -0.464 e. The third-order valence-corrected chi connectivity index (χ3v) is 2.61. The number of carbonyl (C=O) groups is 1. The molecule has 0 saturated heterocycles. The van der Waals surface area contributed by atoms with Gasteiger partial charge in [-0.15, -0.1) is 0 Å². The lowest BCUT2D eigenvalue weighted by Crippen LogP contribution is -2.35. The summed E-state index contributed by atoms with van der Waals surface area (Å²) in [5.74, 6) is 0.332. The molecule has 5 heteroatoms. The molecule has 0 fully saturated rings. The van der Waals surface area contributed by atoms with Gasteiger partial charge < -0.3 is 14.9 Å². The number of ether oxygens (including phenoxy) is 1. The molecule has 0 radical (unpaired) electrons. The summed E-state index contributed by atoms with van der Waals surface area (Å²) in [6, 6.07) is 5.59. The Kier molecular flexibility index (Phi) is 3.09. The summed E-state index contributed by atoms with van der Waals surface area (Å²) < 4.78 is 6.62. The van der Waals surface area contributed by atoms with Crippen LogP contribution in [0.3, 0.4) is 0 Å². The van der Waals surface area contributed by atoms with Crippen LogP contribution in [-0.4, -0.2) is 28.0 Å². The minimum absolute atomic E-state index is 0.331. The normalized spacial score (nSPS) is 11.8. The van der Waals surface area contributed by atoms with Crippen molar-refractivity contribution in [2.75, 3.05) is 7.11 Å². The van der Waals surface area contributed by atoms with Crippen LogP contribution in [-0.2, 0) is 11.2 Å². The summed E-state index contributed by atoms with van der Waals surface area (Å²) >= 11 is 0. The van der Waals surface area contributed by atoms with Crippen LogP contribution in [0.1, 0.15) is 30.2 Å². The molecular weight excluding hydrogens is 230 g/mol. The highest BCUT2D eigenvalue weighted by Crippen LogP contribution is 2.17. The molecule has 0 amide bonds. The Hall–Kier alpha value is -1.88. The lowest BCUT2D eigenvalue weighted by Gasteiger charge is -2.16. The van der Waals surface area contributed by atoms with E-state index in [1.54, 1.807) is 0 Å². The van der Waals surface area contributed by atoms with Crippen LogP contribution < -0.4 is 5.73 Å². The van der Waals surface area contributed by atoms with Gasteiger partial charge in [0.15, 0.2) is 5.69 Å². The number of carbonyl (C=O) groups excluding carboxylic acids is 1. The standard InChI is InChI=1S/C13H17N3O2/c1-13(2,14)8-10-15-11(12(17)18-3)9-6-4-5-7-16(9)10/h4-7H,8,14H2,1-3H3. The van der Waals surface area contributed by atoms with E-state index in [9.17, 15) is 4.79 Å². The van der Waals surface area contributed by atoms with Gasteiger partial charge in [0.1, 0.15) is 5.82 Å². The lowest BCUT2D eigenvalue weighted by atomic mass is 10.0. The highest BCUT2D eigenvalue weighted by atomic mass is 16.5. The van der Waals surface area contributed by atoms with Gasteiger partial charge in [-0.3, -0.25) is 0 Å². The van der Waals surface area contributed by atoms with E-state index in [4.69, 9.17) is 10.5 Å². The molecule has 0 atom stereocenters. The molecule has 0 aliphatic heterocycles. The highest BCUT2D eigenvalue weighted by molar-refractivity contribution is 5.95. The van der Waals surface area contributed by atoms with Crippen molar-refractivity contribution in [3.05, 3.63) is 35.9 Å². The van der Waals surface area contributed by atoms with Crippen LogP contribution in [0.2, 0.25) is 0 Å². The largest absolute Gasteiger partial charge is 0.464 e. The second-order valence-electron chi connectivity index (χ2n) is 4.99. The molecule has 0 aliphatic rings. The Balaban J connectivity index is 2.58. The second kappa shape index (κ2) is 4.42. The van der Waals surface area contributed by atoms with Crippen molar-refractivity contribution in [3.8, 4) is 0 Å². The third kappa shape index (κ3) is 2.36. The van der Waals surface area contributed by atoms with Gasteiger partial charge in [0, 0.05) is 18.2 Å². The van der Waals surface area contributed by atoms with Crippen molar-refractivity contribution in [1.29, 1.82) is 0 Å². The number of pyridine rings is 1. The van der Waals surface area contributed by atoms with E-state index in [0.717, 1.165) is 11.3 Å². The molecule has 5 nitrogen and oxygen atoms in total. The first-order chi connectivity index (χ1) is 8.42. The van der Waals surface area contributed by atoms with E-state index in [-0.39, 0.29) is 5.54 Å². The first kappa shape index (κ1) is 12.6. The monoisotopic (exact) mass is 247 g/mol. The van der Waals surface area contributed by atoms with Crippen LogP contribution >= 0.6 is 0 Å². The number of nitrogens with two attached hydrogens (primary N) is 1. The molecule has 2 rings (SSSR count). The van der Waals surface area contributed by atoms with Crippen LogP contribution in [0.4, 0.5) is 0 Å². The zero-order valence-electron chi connectivity index (χ0n) is 10.8. The van der Waals surface area contributed by atoms with Gasteiger partial charge in [-0.05, 0) is 26.0 Å². The lowest BCUT2D eigenvalue weighted by molar-refractivity contribution is 0.0596. The summed E-state index contributed by atoms with van der Waals surface area (Å²) in [5.41, 5.74) is 6.69. The van der Waals surface area contributed by atoms with Gasteiger partial charge in [-0.25, -0.2) is 9.78 Å². The van der Waals surface area contributed by atoms with Crippen LogP contribution in [0.25, 0.3) is 5.52 Å². The van der Waals surface area contributed by atoms with Crippen molar-refractivity contribution < 1.29 is 9.53 Å². The molecule has 0 bridgehead atoms. The third-order valence-electron chi connectivity index (χ3n) is 2.61. The van der Waals surface area contributed by atoms with E-state index in [2.05, 4.69) is 4.98 Å². The van der Waals surface area contributed by atoms with Crippen molar-refractivity contribution >= 4 is 11.5 Å². The molecule has 2 aromatic heterocycles.